The first-order valence-corrected chi connectivity index (χ1v) is 6.76. The normalized spacial score (nSPS) is 11.7. The molecule has 0 unspecified atom stereocenters. The van der Waals surface area contributed by atoms with Gasteiger partial charge < -0.3 is 10.5 Å². The number of nitrogens with two attached hydrogens (primary N) is 1. The molecule has 124 valence electrons. The molecule has 1 rings (SSSR count). The highest BCUT2D eigenvalue weighted by atomic mass is 35.5. The van der Waals surface area contributed by atoms with Gasteiger partial charge in [0, 0.05) is 11.1 Å². The SMILES string of the molecule is CC(C)[C@H](OC(=O)c1cc(Cl)ccc1[N+](=O)[O-])C(=O)NC(N)=O. The molecule has 10 heteroatoms. The molecule has 0 heterocycles. The van der Waals surface area contributed by atoms with Crippen molar-refractivity contribution in [1.29, 1.82) is 0 Å². The van der Waals surface area contributed by atoms with Crippen molar-refractivity contribution in [1.82, 2.24) is 5.32 Å². The second-order valence-electron chi connectivity index (χ2n) is 4.84. The lowest BCUT2D eigenvalue weighted by molar-refractivity contribution is -0.385. The van der Waals surface area contributed by atoms with E-state index >= 15 is 0 Å². The van der Waals surface area contributed by atoms with Gasteiger partial charge in [-0.3, -0.25) is 20.2 Å². The summed E-state index contributed by atoms with van der Waals surface area (Å²) in [6.45, 7) is 3.12. The zero-order chi connectivity index (χ0) is 17.7. The number of rotatable bonds is 5. The van der Waals surface area contributed by atoms with Gasteiger partial charge in [0.1, 0.15) is 5.56 Å². The van der Waals surface area contributed by atoms with Crippen LogP contribution in [-0.4, -0.2) is 28.9 Å². The van der Waals surface area contributed by atoms with Gasteiger partial charge in [0.05, 0.1) is 4.92 Å². The van der Waals surface area contributed by atoms with Crippen molar-refractivity contribution in [2.24, 2.45) is 11.7 Å². The fraction of sp³-hybridized carbons (Fsp3) is 0.308. The van der Waals surface area contributed by atoms with Crippen LogP contribution in [0, 0.1) is 16.0 Å². The Kier molecular flexibility index (Phi) is 6.02. The first-order chi connectivity index (χ1) is 10.6. The number of nitrogens with zero attached hydrogens (tertiary/aromatic N) is 1. The molecule has 0 fully saturated rings. The first kappa shape index (κ1) is 18.4. The van der Waals surface area contributed by atoms with Crippen molar-refractivity contribution in [3.05, 3.63) is 38.9 Å². The van der Waals surface area contributed by atoms with Gasteiger partial charge in [-0.05, 0) is 18.1 Å². The summed E-state index contributed by atoms with van der Waals surface area (Å²) >= 11 is 5.73. The van der Waals surface area contributed by atoms with Crippen molar-refractivity contribution in [3.8, 4) is 0 Å². The number of nitrogens with one attached hydrogen (secondary N) is 1. The molecule has 9 nitrogen and oxygen atoms in total. The molecule has 1 atom stereocenters. The third-order valence-corrected chi connectivity index (χ3v) is 2.95. The van der Waals surface area contributed by atoms with Crippen LogP contribution in [0.3, 0.4) is 0 Å². The highest BCUT2D eigenvalue weighted by Gasteiger charge is 2.30. The number of ether oxygens (including phenoxy) is 1. The van der Waals surface area contributed by atoms with E-state index in [1.54, 1.807) is 19.2 Å². The first-order valence-electron chi connectivity index (χ1n) is 6.38. The third kappa shape index (κ3) is 4.92. The molecular weight excluding hydrogens is 330 g/mol. The summed E-state index contributed by atoms with van der Waals surface area (Å²) in [7, 11) is 0. The van der Waals surface area contributed by atoms with E-state index < -0.39 is 46.1 Å². The van der Waals surface area contributed by atoms with Crippen LogP contribution in [-0.2, 0) is 9.53 Å². The van der Waals surface area contributed by atoms with Crippen molar-refractivity contribution < 1.29 is 24.0 Å². The number of primary amides is 1. The standard InChI is InChI=1S/C13H14ClN3O6/c1-6(2)10(11(18)16-13(15)20)23-12(19)8-5-7(14)3-4-9(8)17(21)22/h3-6,10H,1-2H3,(H3,15,16,18,20)/t10-/m0/s1. The number of halogens is 1. The average Bonchev–Trinajstić information content (AvgIpc) is 2.42. The smallest absolute Gasteiger partial charge is 0.346 e. The van der Waals surface area contributed by atoms with E-state index in [1.807, 2.05) is 0 Å². The topological polar surface area (TPSA) is 142 Å². The van der Waals surface area contributed by atoms with Crippen LogP contribution in [0.5, 0.6) is 0 Å². The van der Waals surface area contributed by atoms with Gasteiger partial charge in [0.2, 0.25) is 0 Å². The van der Waals surface area contributed by atoms with E-state index in [-0.39, 0.29) is 5.02 Å². The maximum atomic E-state index is 12.1. The molecule has 0 aliphatic carbocycles. The zero-order valence-corrected chi connectivity index (χ0v) is 13.0. The zero-order valence-electron chi connectivity index (χ0n) is 12.2. The molecule has 0 spiro atoms. The average molecular weight is 344 g/mol. The molecule has 0 saturated heterocycles. The molecule has 1 aromatic rings. The molecule has 23 heavy (non-hydrogen) atoms. The summed E-state index contributed by atoms with van der Waals surface area (Å²) < 4.78 is 4.98. The largest absolute Gasteiger partial charge is 0.448 e. The number of imide groups is 1. The van der Waals surface area contributed by atoms with Crippen LogP contribution in [0.15, 0.2) is 18.2 Å². The quantitative estimate of drug-likeness (QED) is 0.472. The van der Waals surface area contributed by atoms with Gasteiger partial charge in [-0.25, -0.2) is 9.59 Å². The van der Waals surface area contributed by atoms with E-state index in [2.05, 4.69) is 0 Å². The number of urea groups is 1. The molecule has 0 aliphatic rings. The third-order valence-electron chi connectivity index (χ3n) is 2.72. The van der Waals surface area contributed by atoms with Gasteiger partial charge in [-0.2, -0.15) is 0 Å². The summed E-state index contributed by atoms with van der Waals surface area (Å²) in [5, 5.41) is 12.8. The lowest BCUT2D eigenvalue weighted by Crippen LogP contribution is -2.45. The Morgan fingerprint density at radius 1 is 1.35 bits per heavy atom. The van der Waals surface area contributed by atoms with Crippen molar-refractivity contribution in [3.63, 3.8) is 0 Å². The summed E-state index contributed by atoms with van der Waals surface area (Å²) in [5.41, 5.74) is 3.92. The van der Waals surface area contributed by atoms with Gasteiger partial charge in [0.25, 0.3) is 11.6 Å². The fourth-order valence-corrected chi connectivity index (χ4v) is 1.87. The molecule has 0 saturated carbocycles. The number of carbonyl (C=O) groups excluding carboxylic acids is 3. The number of esters is 1. The summed E-state index contributed by atoms with van der Waals surface area (Å²) in [5.74, 6) is -2.54. The van der Waals surface area contributed by atoms with E-state index in [9.17, 15) is 24.5 Å². The van der Waals surface area contributed by atoms with Crippen LogP contribution in [0.4, 0.5) is 10.5 Å². The predicted molar refractivity (Wildman–Crippen MR) is 79.9 cm³/mol. The number of hydrogen-bond acceptors (Lipinski definition) is 6. The lowest BCUT2D eigenvalue weighted by Gasteiger charge is -2.19. The van der Waals surface area contributed by atoms with Gasteiger partial charge in [0.15, 0.2) is 6.10 Å². The van der Waals surface area contributed by atoms with Crippen molar-refractivity contribution >= 4 is 35.2 Å². The van der Waals surface area contributed by atoms with Gasteiger partial charge in [-0.15, -0.1) is 0 Å². The maximum Gasteiger partial charge on any atom is 0.346 e. The molecule has 0 radical (unpaired) electrons. The highest BCUT2D eigenvalue weighted by molar-refractivity contribution is 6.31. The Morgan fingerprint density at radius 2 is 1.96 bits per heavy atom. The Balaban J connectivity index is 3.09. The summed E-state index contributed by atoms with van der Waals surface area (Å²) in [6.07, 6.45) is -1.35. The van der Waals surface area contributed by atoms with Gasteiger partial charge >= 0.3 is 12.0 Å². The van der Waals surface area contributed by atoms with Crippen molar-refractivity contribution in [2.75, 3.05) is 0 Å². The highest BCUT2D eigenvalue weighted by Crippen LogP contribution is 2.24. The molecule has 0 bridgehead atoms. The Bertz CT molecular complexity index is 661. The summed E-state index contributed by atoms with van der Waals surface area (Å²) in [6, 6.07) is 2.25. The Hall–Kier alpha value is -2.68. The molecular formula is C13H14ClN3O6. The molecule has 0 aromatic heterocycles. The van der Waals surface area contributed by atoms with Crippen LogP contribution in [0.25, 0.3) is 0 Å². The Labute approximate surface area is 135 Å². The van der Waals surface area contributed by atoms with E-state index in [4.69, 9.17) is 22.1 Å². The molecule has 1 aromatic carbocycles. The van der Waals surface area contributed by atoms with Crippen LogP contribution < -0.4 is 11.1 Å². The number of amides is 3. The van der Waals surface area contributed by atoms with Gasteiger partial charge in [-0.1, -0.05) is 25.4 Å². The lowest BCUT2D eigenvalue weighted by atomic mass is 10.1. The van der Waals surface area contributed by atoms with Crippen LogP contribution in [0.1, 0.15) is 24.2 Å². The summed E-state index contributed by atoms with van der Waals surface area (Å²) in [4.78, 5) is 44.8. The minimum absolute atomic E-state index is 0.0882. The minimum atomic E-state index is -1.35. The minimum Gasteiger partial charge on any atom is -0.448 e. The maximum absolute atomic E-state index is 12.1. The molecule has 0 aliphatic heterocycles. The molecule has 3 N–H and O–H groups in total. The number of nitro groups is 1. The number of benzene rings is 1. The fourth-order valence-electron chi connectivity index (χ4n) is 1.69. The van der Waals surface area contributed by atoms with Crippen LogP contribution >= 0.6 is 11.6 Å². The second-order valence-corrected chi connectivity index (χ2v) is 5.28. The van der Waals surface area contributed by atoms with Crippen LogP contribution in [0.2, 0.25) is 5.02 Å². The van der Waals surface area contributed by atoms with Crippen molar-refractivity contribution in [2.45, 2.75) is 20.0 Å². The molecule has 3 amide bonds. The second kappa shape index (κ2) is 7.54. The Morgan fingerprint density at radius 3 is 2.43 bits per heavy atom. The van der Waals surface area contributed by atoms with E-state index in [1.165, 1.54) is 6.07 Å². The number of carbonyl (C=O) groups is 3. The predicted octanol–water partition coefficient (Wildman–Crippen LogP) is 1.62. The monoisotopic (exact) mass is 343 g/mol. The number of nitro benzene ring substituents is 1. The van der Waals surface area contributed by atoms with E-state index in [0.717, 1.165) is 12.1 Å². The van der Waals surface area contributed by atoms with E-state index in [0.29, 0.717) is 0 Å². The number of hydrogen-bond donors (Lipinski definition) is 2.